The SMILES string of the molecule is COc1ccccc1NS(=O)(=O)c1cc(C(=O)NCc2ccccc2F)ccc1C. The van der Waals surface area contributed by atoms with E-state index in [9.17, 15) is 17.6 Å². The summed E-state index contributed by atoms with van der Waals surface area (Å²) in [7, 11) is -2.53. The van der Waals surface area contributed by atoms with Gasteiger partial charge in [0.2, 0.25) is 0 Å². The number of anilines is 1. The van der Waals surface area contributed by atoms with Crippen molar-refractivity contribution < 1.29 is 22.3 Å². The van der Waals surface area contributed by atoms with Gasteiger partial charge in [0.25, 0.3) is 15.9 Å². The van der Waals surface area contributed by atoms with Crippen molar-refractivity contribution in [2.45, 2.75) is 18.4 Å². The molecule has 0 fully saturated rings. The fraction of sp³-hybridized carbons (Fsp3) is 0.136. The third kappa shape index (κ3) is 4.77. The zero-order valence-corrected chi connectivity index (χ0v) is 17.3. The van der Waals surface area contributed by atoms with E-state index in [0.29, 0.717) is 16.9 Å². The van der Waals surface area contributed by atoms with Gasteiger partial charge in [-0.25, -0.2) is 12.8 Å². The first-order valence-electron chi connectivity index (χ1n) is 9.10. The summed E-state index contributed by atoms with van der Waals surface area (Å²) >= 11 is 0. The zero-order valence-electron chi connectivity index (χ0n) is 16.5. The van der Waals surface area contributed by atoms with Crippen molar-refractivity contribution >= 4 is 21.6 Å². The Morgan fingerprint density at radius 3 is 2.47 bits per heavy atom. The number of nitrogens with one attached hydrogen (secondary N) is 2. The van der Waals surface area contributed by atoms with E-state index in [1.807, 2.05) is 0 Å². The van der Waals surface area contributed by atoms with Crippen LogP contribution in [0.5, 0.6) is 5.75 Å². The Morgan fingerprint density at radius 2 is 1.73 bits per heavy atom. The van der Waals surface area contributed by atoms with Crippen molar-refractivity contribution in [3.8, 4) is 5.75 Å². The second-order valence-electron chi connectivity index (χ2n) is 6.56. The summed E-state index contributed by atoms with van der Waals surface area (Å²) in [6, 6.07) is 17.1. The highest BCUT2D eigenvalue weighted by Crippen LogP contribution is 2.27. The van der Waals surface area contributed by atoms with Crippen molar-refractivity contribution in [1.29, 1.82) is 0 Å². The van der Waals surface area contributed by atoms with Crippen LogP contribution < -0.4 is 14.8 Å². The summed E-state index contributed by atoms with van der Waals surface area (Å²) in [4.78, 5) is 12.5. The minimum absolute atomic E-state index is 0.0130. The molecule has 0 saturated carbocycles. The van der Waals surface area contributed by atoms with E-state index in [0.717, 1.165) is 0 Å². The zero-order chi connectivity index (χ0) is 21.7. The molecule has 0 saturated heterocycles. The molecule has 0 aliphatic rings. The summed E-state index contributed by atoms with van der Waals surface area (Å²) in [5.41, 5.74) is 1.25. The number of hydrogen-bond donors (Lipinski definition) is 2. The second kappa shape index (κ2) is 8.96. The highest BCUT2D eigenvalue weighted by molar-refractivity contribution is 7.92. The smallest absolute Gasteiger partial charge is 0.262 e. The van der Waals surface area contributed by atoms with Gasteiger partial charge >= 0.3 is 0 Å². The van der Waals surface area contributed by atoms with E-state index in [2.05, 4.69) is 10.0 Å². The lowest BCUT2D eigenvalue weighted by molar-refractivity contribution is 0.0950. The monoisotopic (exact) mass is 428 g/mol. The van der Waals surface area contributed by atoms with Crippen molar-refractivity contribution in [2.24, 2.45) is 0 Å². The van der Waals surface area contributed by atoms with Crippen LogP contribution in [0.3, 0.4) is 0 Å². The number of carbonyl (C=O) groups is 1. The Kier molecular flexibility index (Phi) is 6.37. The largest absolute Gasteiger partial charge is 0.495 e. The molecule has 0 unspecified atom stereocenters. The average molecular weight is 428 g/mol. The molecule has 0 aromatic heterocycles. The minimum atomic E-state index is -3.98. The third-order valence-electron chi connectivity index (χ3n) is 4.49. The number of rotatable bonds is 7. The van der Waals surface area contributed by atoms with Crippen molar-refractivity contribution in [3.63, 3.8) is 0 Å². The molecule has 3 aromatic rings. The summed E-state index contributed by atoms with van der Waals surface area (Å²) in [5, 5.41) is 2.61. The molecule has 0 atom stereocenters. The van der Waals surface area contributed by atoms with Crippen LogP contribution >= 0.6 is 0 Å². The average Bonchev–Trinajstić information content (AvgIpc) is 2.73. The van der Waals surface area contributed by atoms with E-state index >= 15 is 0 Å². The molecule has 0 heterocycles. The number of amides is 1. The molecular weight excluding hydrogens is 407 g/mol. The summed E-state index contributed by atoms with van der Waals surface area (Å²) in [5.74, 6) is -0.560. The molecule has 2 N–H and O–H groups in total. The van der Waals surface area contributed by atoms with Crippen molar-refractivity contribution in [2.75, 3.05) is 11.8 Å². The van der Waals surface area contributed by atoms with E-state index in [1.165, 1.54) is 25.3 Å². The van der Waals surface area contributed by atoms with Gasteiger partial charge in [0.1, 0.15) is 11.6 Å². The van der Waals surface area contributed by atoms with Gasteiger partial charge < -0.3 is 10.1 Å². The first kappa shape index (κ1) is 21.3. The predicted molar refractivity (Wildman–Crippen MR) is 113 cm³/mol. The molecule has 0 aliphatic heterocycles. The molecule has 30 heavy (non-hydrogen) atoms. The number of methoxy groups -OCH3 is 1. The maximum Gasteiger partial charge on any atom is 0.262 e. The van der Waals surface area contributed by atoms with E-state index in [-0.39, 0.29) is 22.7 Å². The number of sulfonamides is 1. The Bertz CT molecular complexity index is 1180. The molecular formula is C22H21FN2O4S. The van der Waals surface area contributed by atoms with Crippen LogP contribution in [0.25, 0.3) is 0 Å². The first-order valence-corrected chi connectivity index (χ1v) is 10.6. The number of carbonyl (C=O) groups excluding carboxylic acids is 1. The summed E-state index contributed by atoms with van der Waals surface area (Å²) in [6.45, 7) is 1.62. The molecule has 8 heteroatoms. The second-order valence-corrected chi connectivity index (χ2v) is 8.21. The fourth-order valence-corrected chi connectivity index (χ4v) is 4.22. The van der Waals surface area contributed by atoms with Crippen LogP contribution in [-0.4, -0.2) is 21.4 Å². The molecule has 0 spiro atoms. The number of benzene rings is 3. The highest BCUT2D eigenvalue weighted by atomic mass is 32.2. The molecule has 3 aromatic carbocycles. The van der Waals surface area contributed by atoms with Gasteiger partial charge in [0, 0.05) is 17.7 Å². The molecule has 1 amide bonds. The van der Waals surface area contributed by atoms with Crippen LogP contribution in [-0.2, 0) is 16.6 Å². The van der Waals surface area contributed by atoms with Crippen LogP contribution in [0.2, 0.25) is 0 Å². The lowest BCUT2D eigenvalue weighted by Gasteiger charge is -2.14. The van der Waals surface area contributed by atoms with Crippen LogP contribution in [0.15, 0.2) is 71.6 Å². The van der Waals surface area contributed by atoms with Gasteiger partial charge in [0.15, 0.2) is 0 Å². The molecule has 0 aliphatic carbocycles. The maximum absolute atomic E-state index is 13.7. The molecule has 0 radical (unpaired) electrons. The van der Waals surface area contributed by atoms with Crippen LogP contribution in [0, 0.1) is 12.7 Å². The van der Waals surface area contributed by atoms with Gasteiger partial charge in [0.05, 0.1) is 17.7 Å². The number of para-hydroxylation sites is 2. The molecule has 0 bridgehead atoms. The van der Waals surface area contributed by atoms with Crippen LogP contribution in [0.4, 0.5) is 10.1 Å². The highest BCUT2D eigenvalue weighted by Gasteiger charge is 2.21. The summed E-state index contributed by atoms with van der Waals surface area (Å²) in [6.07, 6.45) is 0. The Morgan fingerprint density at radius 1 is 1.03 bits per heavy atom. The van der Waals surface area contributed by atoms with E-state index < -0.39 is 21.7 Å². The van der Waals surface area contributed by atoms with E-state index in [1.54, 1.807) is 55.5 Å². The van der Waals surface area contributed by atoms with E-state index in [4.69, 9.17) is 4.74 Å². The van der Waals surface area contributed by atoms with Gasteiger partial charge in [-0.3, -0.25) is 9.52 Å². The molecule has 6 nitrogen and oxygen atoms in total. The number of halogens is 1. The lowest BCUT2D eigenvalue weighted by atomic mass is 10.1. The Balaban J connectivity index is 1.83. The minimum Gasteiger partial charge on any atom is -0.495 e. The van der Waals surface area contributed by atoms with Crippen molar-refractivity contribution in [1.82, 2.24) is 5.32 Å². The Hall–Kier alpha value is -3.39. The quantitative estimate of drug-likeness (QED) is 0.598. The van der Waals surface area contributed by atoms with Crippen LogP contribution in [0.1, 0.15) is 21.5 Å². The predicted octanol–water partition coefficient (Wildman–Crippen LogP) is 3.87. The first-order chi connectivity index (χ1) is 14.3. The van der Waals surface area contributed by atoms with Gasteiger partial charge in [-0.15, -0.1) is 0 Å². The fourth-order valence-electron chi connectivity index (χ4n) is 2.88. The van der Waals surface area contributed by atoms with Gasteiger partial charge in [-0.1, -0.05) is 36.4 Å². The topological polar surface area (TPSA) is 84.5 Å². The number of hydrogen-bond acceptors (Lipinski definition) is 4. The standard InChI is InChI=1S/C22H21FN2O4S/c1-15-11-12-16(22(26)24-14-17-7-3-4-8-18(17)23)13-21(15)30(27,28)25-19-9-5-6-10-20(19)29-2/h3-13,25H,14H2,1-2H3,(H,24,26). The maximum atomic E-state index is 13.7. The van der Waals surface area contributed by atoms with Gasteiger partial charge in [-0.05, 0) is 42.8 Å². The number of ether oxygens (including phenoxy) is 1. The molecule has 3 rings (SSSR count). The number of aryl methyl sites for hydroxylation is 1. The summed E-state index contributed by atoms with van der Waals surface area (Å²) < 4.78 is 47.3. The van der Waals surface area contributed by atoms with Crippen molar-refractivity contribution in [3.05, 3.63) is 89.2 Å². The normalized spacial score (nSPS) is 11.0. The Labute approximate surface area is 174 Å². The van der Waals surface area contributed by atoms with Gasteiger partial charge in [-0.2, -0.15) is 0 Å². The lowest BCUT2D eigenvalue weighted by Crippen LogP contribution is -2.24. The molecule has 156 valence electrons. The third-order valence-corrected chi connectivity index (χ3v) is 6.00.